The van der Waals surface area contributed by atoms with Crippen molar-refractivity contribution in [2.45, 2.75) is 205 Å². The van der Waals surface area contributed by atoms with E-state index in [0.717, 1.165) is 44.9 Å². The highest BCUT2D eigenvalue weighted by Gasteiger charge is 2.47. The average Bonchev–Trinajstić information content (AvgIpc) is 3.21. The summed E-state index contributed by atoms with van der Waals surface area (Å²) in [6, 6.07) is 0. The van der Waals surface area contributed by atoms with E-state index in [4.69, 9.17) is 18.9 Å². The second-order valence-corrected chi connectivity index (χ2v) is 15.2. The molecule has 1 rings (SSSR count). The average molecular weight is 819 g/mol. The highest BCUT2D eigenvalue weighted by atomic mass is 16.7. The van der Waals surface area contributed by atoms with E-state index < -0.39 is 61.3 Å². The quantitative estimate of drug-likeness (QED) is 0.0270. The van der Waals surface area contributed by atoms with Gasteiger partial charge in [-0.05, 0) is 38.5 Å². The first-order chi connectivity index (χ1) is 28.2. The van der Waals surface area contributed by atoms with Crippen molar-refractivity contribution in [2.75, 3.05) is 13.2 Å². The van der Waals surface area contributed by atoms with Gasteiger partial charge in [0, 0.05) is 6.42 Å². The Morgan fingerprint density at radius 1 is 0.552 bits per heavy atom. The molecular formula is C47H78O11. The van der Waals surface area contributed by atoms with Crippen molar-refractivity contribution < 1.29 is 53.8 Å². The van der Waals surface area contributed by atoms with E-state index in [2.05, 4.69) is 56.4 Å². The summed E-state index contributed by atoms with van der Waals surface area (Å²) >= 11 is 0. The molecule has 0 aliphatic carbocycles. The molecule has 6 unspecified atom stereocenters. The number of aliphatic carboxylic acids is 1. The smallest absolute Gasteiger partial charge is 0.335 e. The van der Waals surface area contributed by atoms with Gasteiger partial charge < -0.3 is 39.4 Å². The number of aliphatic hydroxyl groups is 3. The number of rotatable bonds is 36. The first-order valence-electron chi connectivity index (χ1n) is 22.3. The van der Waals surface area contributed by atoms with Crippen LogP contribution in [0.3, 0.4) is 0 Å². The molecule has 1 aliphatic rings. The number of carboxylic acid groups (broad SMARTS) is 1. The van der Waals surface area contributed by atoms with Gasteiger partial charge in [-0.3, -0.25) is 9.59 Å². The van der Waals surface area contributed by atoms with E-state index in [1.165, 1.54) is 83.5 Å². The third-order valence-electron chi connectivity index (χ3n) is 9.91. The summed E-state index contributed by atoms with van der Waals surface area (Å²) in [6.07, 6.45) is 35.9. The number of esters is 2. The third-order valence-corrected chi connectivity index (χ3v) is 9.91. The lowest BCUT2D eigenvalue weighted by Crippen LogP contribution is -2.60. The monoisotopic (exact) mass is 819 g/mol. The zero-order valence-corrected chi connectivity index (χ0v) is 35.8. The van der Waals surface area contributed by atoms with Crippen molar-refractivity contribution in [1.82, 2.24) is 0 Å². The molecule has 0 bridgehead atoms. The number of ether oxygens (including phenoxy) is 4. The van der Waals surface area contributed by atoms with E-state index >= 15 is 0 Å². The van der Waals surface area contributed by atoms with Crippen molar-refractivity contribution >= 4 is 17.9 Å². The lowest BCUT2D eigenvalue weighted by molar-refractivity contribution is -0.298. The molecule has 4 N–H and O–H groups in total. The first-order valence-corrected chi connectivity index (χ1v) is 22.3. The molecule has 0 saturated carbocycles. The van der Waals surface area contributed by atoms with Crippen molar-refractivity contribution in [3.05, 3.63) is 60.8 Å². The molecule has 1 saturated heterocycles. The minimum atomic E-state index is -1.87. The lowest BCUT2D eigenvalue weighted by atomic mass is 9.99. The number of carbonyl (C=O) groups is 3. The number of carbonyl (C=O) groups excluding carboxylic acids is 2. The van der Waals surface area contributed by atoms with Crippen LogP contribution in [0, 0.1) is 0 Å². The topological polar surface area (TPSA) is 169 Å². The van der Waals surface area contributed by atoms with Crippen molar-refractivity contribution in [1.29, 1.82) is 0 Å². The summed E-state index contributed by atoms with van der Waals surface area (Å²) in [6.45, 7) is 3.61. The van der Waals surface area contributed by atoms with Gasteiger partial charge in [-0.1, -0.05) is 177 Å². The first kappa shape index (κ1) is 52.9. The molecule has 1 heterocycles. The fraction of sp³-hybridized carbons (Fsp3) is 0.723. The van der Waals surface area contributed by atoms with Crippen LogP contribution in [0.5, 0.6) is 0 Å². The minimum Gasteiger partial charge on any atom is -0.479 e. The predicted molar refractivity (Wildman–Crippen MR) is 229 cm³/mol. The molecule has 58 heavy (non-hydrogen) atoms. The molecule has 0 spiro atoms. The van der Waals surface area contributed by atoms with Gasteiger partial charge in [-0.15, -0.1) is 0 Å². The van der Waals surface area contributed by atoms with Crippen LogP contribution in [-0.2, 0) is 33.3 Å². The maximum Gasteiger partial charge on any atom is 0.335 e. The standard InChI is InChI=1S/C47H78O11/c1-3-5-7-9-11-13-15-17-19-20-22-24-26-28-30-32-34-36-41(49)57-39(38-56-47-44(52)42(50)43(51)45(58-47)46(53)54)37-55-40(48)35-33-31-29-27-25-23-21-18-16-14-12-10-8-6-4-2/h6,8,12,14,18,21,25,27,31,33,39,42-45,47,50-52H,3-5,7,9-11,13,15-17,19-20,22-24,26,28-30,32,34-38H2,1-2H3,(H,53,54)/b8-6-,14-12-,21-18-,27-25-,33-31-. The normalized spacial score (nSPS) is 20.6. The molecule has 11 nitrogen and oxygen atoms in total. The van der Waals surface area contributed by atoms with E-state index in [9.17, 15) is 34.8 Å². The molecule has 11 heteroatoms. The zero-order valence-electron chi connectivity index (χ0n) is 35.8. The number of aliphatic hydroxyl groups excluding tert-OH is 3. The molecule has 0 amide bonds. The number of hydrogen-bond acceptors (Lipinski definition) is 10. The fourth-order valence-corrected chi connectivity index (χ4v) is 6.42. The van der Waals surface area contributed by atoms with Crippen LogP contribution < -0.4 is 0 Å². The number of hydrogen-bond donors (Lipinski definition) is 4. The van der Waals surface area contributed by atoms with Gasteiger partial charge in [-0.25, -0.2) is 4.79 Å². The zero-order chi connectivity index (χ0) is 42.5. The Labute approximate surface area is 349 Å². The number of allylic oxidation sites excluding steroid dienone is 9. The van der Waals surface area contributed by atoms with Gasteiger partial charge in [0.15, 0.2) is 18.5 Å². The molecule has 0 radical (unpaired) electrons. The summed E-state index contributed by atoms with van der Waals surface area (Å²) in [5.74, 6) is -2.60. The SMILES string of the molecule is CC/C=C\C/C=C\C/C=C\C/C=C\C/C=C\CC(=O)OCC(COC1OC(C(=O)O)C(O)C(O)C1O)OC(=O)CCCCCCCCCCCCCCCCCCC. The van der Waals surface area contributed by atoms with Gasteiger partial charge in [-0.2, -0.15) is 0 Å². The van der Waals surface area contributed by atoms with Crippen LogP contribution in [0.1, 0.15) is 168 Å². The van der Waals surface area contributed by atoms with Crippen molar-refractivity contribution in [3.8, 4) is 0 Å². The Kier molecular flexibility index (Phi) is 33.7. The van der Waals surface area contributed by atoms with E-state index in [1.54, 1.807) is 6.08 Å². The van der Waals surface area contributed by atoms with Gasteiger partial charge in [0.05, 0.1) is 13.0 Å². The van der Waals surface area contributed by atoms with Gasteiger partial charge in [0.25, 0.3) is 0 Å². The Bertz CT molecular complexity index is 1190. The molecular weight excluding hydrogens is 741 g/mol. The Balaban J connectivity index is 2.42. The summed E-state index contributed by atoms with van der Waals surface area (Å²) < 4.78 is 21.6. The fourth-order valence-electron chi connectivity index (χ4n) is 6.42. The summed E-state index contributed by atoms with van der Waals surface area (Å²) in [4.78, 5) is 36.7. The van der Waals surface area contributed by atoms with E-state index in [1.807, 2.05) is 12.2 Å². The maximum absolute atomic E-state index is 12.8. The van der Waals surface area contributed by atoms with Crippen LogP contribution in [0.2, 0.25) is 0 Å². The molecule has 1 fully saturated rings. The Hall–Kier alpha value is -3.09. The van der Waals surface area contributed by atoms with Gasteiger partial charge in [0.2, 0.25) is 0 Å². The Morgan fingerprint density at radius 2 is 1.00 bits per heavy atom. The van der Waals surface area contributed by atoms with Crippen LogP contribution in [0.4, 0.5) is 0 Å². The van der Waals surface area contributed by atoms with Gasteiger partial charge >= 0.3 is 17.9 Å². The van der Waals surface area contributed by atoms with E-state index in [0.29, 0.717) is 12.8 Å². The molecule has 0 aromatic heterocycles. The predicted octanol–water partition coefficient (Wildman–Crippen LogP) is 9.53. The highest BCUT2D eigenvalue weighted by Crippen LogP contribution is 2.23. The number of carboxylic acids is 1. The maximum atomic E-state index is 12.8. The molecule has 332 valence electrons. The van der Waals surface area contributed by atoms with Crippen LogP contribution in [-0.4, -0.2) is 88.4 Å². The molecule has 1 aliphatic heterocycles. The second kappa shape index (κ2) is 36.9. The largest absolute Gasteiger partial charge is 0.479 e. The second-order valence-electron chi connectivity index (χ2n) is 15.2. The third kappa shape index (κ3) is 28.4. The number of unbranched alkanes of at least 4 members (excludes halogenated alkanes) is 16. The molecule has 0 aromatic carbocycles. The Morgan fingerprint density at radius 3 is 1.47 bits per heavy atom. The summed E-state index contributed by atoms with van der Waals surface area (Å²) in [5, 5.41) is 39.8. The van der Waals surface area contributed by atoms with E-state index in [-0.39, 0.29) is 19.4 Å². The molecule has 0 aromatic rings. The lowest BCUT2D eigenvalue weighted by Gasteiger charge is -2.38. The molecule has 6 atom stereocenters. The van der Waals surface area contributed by atoms with Gasteiger partial charge in [0.1, 0.15) is 24.9 Å². The highest BCUT2D eigenvalue weighted by molar-refractivity contribution is 5.73. The minimum absolute atomic E-state index is 0.00310. The summed E-state index contributed by atoms with van der Waals surface area (Å²) in [7, 11) is 0. The van der Waals surface area contributed by atoms with Crippen molar-refractivity contribution in [2.24, 2.45) is 0 Å². The van der Waals surface area contributed by atoms with Crippen LogP contribution >= 0.6 is 0 Å². The van der Waals surface area contributed by atoms with Crippen LogP contribution in [0.25, 0.3) is 0 Å². The summed E-state index contributed by atoms with van der Waals surface area (Å²) in [5.41, 5.74) is 0. The van der Waals surface area contributed by atoms with Crippen molar-refractivity contribution in [3.63, 3.8) is 0 Å². The van der Waals surface area contributed by atoms with Crippen LogP contribution in [0.15, 0.2) is 60.8 Å².